The van der Waals surface area contributed by atoms with Crippen molar-refractivity contribution in [2.24, 2.45) is 17.3 Å². The number of rotatable bonds is 1. The van der Waals surface area contributed by atoms with Crippen molar-refractivity contribution in [3.63, 3.8) is 0 Å². The summed E-state index contributed by atoms with van der Waals surface area (Å²) in [5.74, 6) is 1.69. The standard InChI is InChI=1S/C16H32N2/c1-14-8-5-3-4-6-9-16(14,2)15-12-17-10-7-11-18-13-15/h14-15,17-18H,3-13H2,1-2H3. The van der Waals surface area contributed by atoms with Gasteiger partial charge in [0.05, 0.1) is 0 Å². The Morgan fingerprint density at radius 1 is 0.889 bits per heavy atom. The summed E-state index contributed by atoms with van der Waals surface area (Å²) >= 11 is 0. The number of hydrogen-bond acceptors (Lipinski definition) is 2. The first-order valence-corrected chi connectivity index (χ1v) is 8.15. The van der Waals surface area contributed by atoms with Crippen LogP contribution in [-0.2, 0) is 0 Å². The maximum absolute atomic E-state index is 3.68. The molecule has 2 atom stereocenters. The van der Waals surface area contributed by atoms with Crippen LogP contribution in [0.15, 0.2) is 0 Å². The second-order valence-corrected chi connectivity index (χ2v) is 6.82. The molecule has 1 saturated carbocycles. The molecule has 0 aromatic rings. The maximum atomic E-state index is 3.68. The SMILES string of the molecule is CC1CCCCCCC1(C)C1CNCCCNC1. The van der Waals surface area contributed by atoms with Gasteiger partial charge in [-0.15, -0.1) is 0 Å². The molecule has 1 aliphatic heterocycles. The van der Waals surface area contributed by atoms with Crippen LogP contribution in [0.25, 0.3) is 0 Å². The molecule has 2 rings (SSSR count). The van der Waals surface area contributed by atoms with Gasteiger partial charge in [0.2, 0.25) is 0 Å². The van der Waals surface area contributed by atoms with Crippen LogP contribution >= 0.6 is 0 Å². The van der Waals surface area contributed by atoms with Crippen molar-refractivity contribution >= 4 is 0 Å². The van der Waals surface area contributed by atoms with E-state index < -0.39 is 0 Å². The van der Waals surface area contributed by atoms with Gasteiger partial charge in [-0.1, -0.05) is 46.0 Å². The first kappa shape index (κ1) is 14.3. The lowest BCUT2D eigenvalue weighted by atomic mass is 9.63. The van der Waals surface area contributed by atoms with E-state index in [0.717, 1.165) is 11.8 Å². The van der Waals surface area contributed by atoms with Crippen LogP contribution in [0.1, 0.15) is 58.8 Å². The van der Waals surface area contributed by atoms with Gasteiger partial charge in [0.15, 0.2) is 0 Å². The first-order chi connectivity index (χ1) is 8.73. The maximum Gasteiger partial charge on any atom is -0.000304 e. The molecule has 0 bridgehead atoms. The molecule has 0 spiro atoms. The van der Waals surface area contributed by atoms with Crippen molar-refractivity contribution in [3.8, 4) is 0 Å². The van der Waals surface area contributed by atoms with E-state index in [2.05, 4.69) is 24.5 Å². The molecule has 1 heterocycles. The zero-order chi connectivity index (χ0) is 12.8. The minimum Gasteiger partial charge on any atom is -0.316 e. The molecule has 106 valence electrons. The van der Waals surface area contributed by atoms with E-state index in [-0.39, 0.29) is 0 Å². The third-order valence-electron chi connectivity index (χ3n) is 5.65. The van der Waals surface area contributed by atoms with Gasteiger partial charge in [-0.3, -0.25) is 0 Å². The smallest absolute Gasteiger partial charge is 0.000304 e. The summed E-state index contributed by atoms with van der Waals surface area (Å²) in [6.07, 6.45) is 9.95. The van der Waals surface area contributed by atoms with E-state index in [4.69, 9.17) is 0 Å². The van der Waals surface area contributed by atoms with Gasteiger partial charge < -0.3 is 10.6 Å². The van der Waals surface area contributed by atoms with Gasteiger partial charge in [0, 0.05) is 0 Å². The molecule has 1 aliphatic carbocycles. The summed E-state index contributed by atoms with van der Waals surface area (Å²) < 4.78 is 0. The second kappa shape index (κ2) is 6.91. The summed E-state index contributed by atoms with van der Waals surface area (Å²) in [6.45, 7) is 9.88. The molecule has 2 N–H and O–H groups in total. The lowest BCUT2D eigenvalue weighted by Gasteiger charge is -2.45. The zero-order valence-electron chi connectivity index (χ0n) is 12.4. The highest BCUT2D eigenvalue weighted by Crippen LogP contribution is 2.44. The normalized spacial score (nSPS) is 37.3. The monoisotopic (exact) mass is 252 g/mol. The fourth-order valence-electron chi connectivity index (χ4n) is 3.92. The van der Waals surface area contributed by atoms with E-state index in [1.54, 1.807) is 0 Å². The molecule has 18 heavy (non-hydrogen) atoms. The van der Waals surface area contributed by atoms with Crippen molar-refractivity contribution in [2.45, 2.75) is 58.8 Å². The molecular weight excluding hydrogens is 220 g/mol. The highest BCUT2D eigenvalue weighted by molar-refractivity contribution is 4.90. The van der Waals surface area contributed by atoms with E-state index >= 15 is 0 Å². The molecule has 2 unspecified atom stereocenters. The summed E-state index contributed by atoms with van der Waals surface area (Å²) in [5, 5.41) is 7.35. The Kier molecular flexibility index (Phi) is 5.50. The summed E-state index contributed by atoms with van der Waals surface area (Å²) in [5.41, 5.74) is 0.539. The topological polar surface area (TPSA) is 24.1 Å². The van der Waals surface area contributed by atoms with Gasteiger partial charge in [-0.25, -0.2) is 0 Å². The predicted octanol–water partition coefficient (Wildman–Crippen LogP) is 3.18. The van der Waals surface area contributed by atoms with Gasteiger partial charge in [-0.2, -0.15) is 0 Å². The Morgan fingerprint density at radius 2 is 1.56 bits per heavy atom. The third kappa shape index (κ3) is 3.48. The quantitative estimate of drug-likeness (QED) is 0.749. The van der Waals surface area contributed by atoms with Crippen LogP contribution in [0.4, 0.5) is 0 Å². The Bertz CT molecular complexity index is 233. The van der Waals surface area contributed by atoms with Crippen LogP contribution in [0.3, 0.4) is 0 Å². The van der Waals surface area contributed by atoms with Gasteiger partial charge >= 0.3 is 0 Å². The molecule has 0 radical (unpaired) electrons. The average molecular weight is 252 g/mol. The minimum absolute atomic E-state index is 0.539. The average Bonchev–Trinajstić information content (AvgIpc) is 2.30. The lowest BCUT2D eigenvalue weighted by Crippen LogP contribution is -2.47. The van der Waals surface area contributed by atoms with Crippen LogP contribution in [0.2, 0.25) is 0 Å². The highest BCUT2D eigenvalue weighted by Gasteiger charge is 2.38. The molecule has 2 aliphatic rings. The van der Waals surface area contributed by atoms with E-state index in [1.807, 2.05) is 0 Å². The predicted molar refractivity (Wildman–Crippen MR) is 78.8 cm³/mol. The summed E-state index contributed by atoms with van der Waals surface area (Å²) in [7, 11) is 0. The lowest BCUT2D eigenvalue weighted by molar-refractivity contribution is 0.0669. The van der Waals surface area contributed by atoms with E-state index in [9.17, 15) is 0 Å². The van der Waals surface area contributed by atoms with Crippen LogP contribution < -0.4 is 10.6 Å². The Morgan fingerprint density at radius 3 is 2.28 bits per heavy atom. The van der Waals surface area contributed by atoms with Crippen molar-refractivity contribution in [1.29, 1.82) is 0 Å². The molecule has 0 amide bonds. The molecule has 1 saturated heterocycles. The summed E-state index contributed by atoms with van der Waals surface area (Å²) in [6, 6.07) is 0. The molecule has 2 heteroatoms. The fraction of sp³-hybridized carbons (Fsp3) is 1.00. The second-order valence-electron chi connectivity index (χ2n) is 6.82. The number of hydrogen-bond donors (Lipinski definition) is 2. The zero-order valence-corrected chi connectivity index (χ0v) is 12.4. The van der Waals surface area contributed by atoms with Crippen LogP contribution in [-0.4, -0.2) is 26.2 Å². The van der Waals surface area contributed by atoms with Gasteiger partial charge in [0.25, 0.3) is 0 Å². The van der Waals surface area contributed by atoms with Crippen molar-refractivity contribution in [3.05, 3.63) is 0 Å². The van der Waals surface area contributed by atoms with Crippen molar-refractivity contribution < 1.29 is 0 Å². The van der Waals surface area contributed by atoms with Crippen molar-refractivity contribution in [1.82, 2.24) is 10.6 Å². The Hall–Kier alpha value is -0.0800. The molecule has 0 aromatic heterocycles. The van der Waals surface area contributed by atoms with Crippen LogP contribution in [0, 0.1) is 17.3 Å². The Balaban J connectivity index is 2.03. The molecule has 2 nitrogen and oxygen atoms in total. The minimum atomic E-state index is 0.539. The van der Waals surface area contributed by atoms with E-state index in [0.29, 0.717) is 5.41 Å². The number of nitrogens with one attached hydrogen (secondary N) is 2. The molecule has 0 aromatic carbocycles. The van der Waals surface area contributed by atoms with E-state index in [1.165, 1.54) is 71.1 Å². The fourth-order valence-corrected chi connectivity index (χ4v) is 3.92. The third-order valence-corrected chi connectivity index (χ3v) is 5.65. The van der Waals surface area contributed by atoms with Gasteiger partial charge in [0.1, 0.15) is 0 Å². The first-order valence-electron chi connectivity index (χ1n) is 8.15. The van der Waals surface area contributed by atoms with Crippen LogP contribution in [0.5, 0.6) is 0 Å². The molecule has 2 fully saturated rings. The van der Waals surface area contributed by atoms with Gasteiger partial charge in [-0.05, 0) is 56.3 Å². The largest absolute Gasteiger partial charge is 0.316 e. The summed E-state index contributed by atoms with van der Waals surface area (Å²) in [4.78, 5) is 0. The van der Waals surface area contributed by atoms with Crippen molar-refractivity contribution in [2.75, 3.05) is 26.2 Å². The molecular formula is C16H32N2. The Labute approximate surface area is 113 Å². The highest BCUT2D eigenvalue weighted by atomic mass is 14.9.